The number of nitrogens with zero attached hydrogens (tertiary/aromatic N) is 4. The van der Waals surface area contributed by atoms with Crippen molar-refractivity contribution in [1.29, 1.82) is 0 Å². The van der Waals surface area contributed by atoms with Crippen molar-refractivity contribution >= 4 is 12.1 Å². The Hall–Kier alpha value is -1.62. The second-order valence-electron chi connectivity index (χ2n) is 5.85. The van der Waals surface area contributed by atoms with Crippen molar-refractivity contribution in [2.75, 3.05) is 28.2 Å². The molecule has 10 heteroatoms. The lowest BCUT2D eigenvalue weighted by atomic mass is 10.3. The summed E-state index contributed by atoms with van der Waals surface area (Å²) in [6, 6.07) is -0.392. The first-order valence-electron chi connectivity index (χ1n) is 7.01. The van der Waals surface area contributed by atoms with Gasteiger partial charge in [-0.25, -0.2) is 9.59 Å². The summed E-state index contributed by atoms with van der Waals surface area (Å²) in [6.45, 7) is 0. The molecule has 0 aromatic rings. The molecule has 4 heterocycles. The number of likely N-dealkylation sites (N-methyl/N-ethyl adjacent to an activating group) is 4. The molecular weight excluding hydrogens is 296 g/mol. The van der Waals surface area contributed by atoms with E-state index in [1.54, 1.807) is 28.2 Å². The summed E-state index contributed by atoms with van der Waals surface area (Å²) in [5.41, 5.74) is 0. The fraction of sp³-hybridized carbons (Fsp3) is 0.833. The number of carbonyl (C=O) groups excluding carboxylic acids is 2. The van der Waals surface area contributed by atoms with Crippen LogP contribution < -0.4 is 0 Å². The lowest BCUT2D eigenvalue weighted by Gasteiger charge is -2.45. The Morgan fingerprint density at radius 3 is 1.05 bits per heavy atom. The van der Waals surface area contributed by atoms with Gasteiger partial charge in [0.05, 0.1) is 0 Å². The van der Waals surface area contributed by atoms with E-state index in [4.69, 9.17) is 18.9 Å². The Kier molecular flexibility index (Phi) is 2.83. The minimum absolute atomic E-state index is 0.196. The molecule has 0 radical (unpaired) electrons. The summed E-state index contributed by atoms with van der Waals surface area (Å²) in [4.78, 5) is 29.7. The summed E-state index contributed by atoms with van der Waals surface area (Å²) in [6.07, 6.45) is -3.88. The SMILES string of the molecule is CN1C(=O)N(C)[C@H]2OC3O[C@H]4[C@@H](OC3O[C@H]21)N(C)C(=O)N4C. The third-order valence-corrected chi connectivity index (χ3v) is 4.54. The summed E-state index contributed by atoms with van der Waals surface area (Å²) in [5.74, 6) is 0. The number of hydrogen-bond donors (Lipinski definition) is 0. The van der Waals surface area contributed by atoms with Crippen molar-refractivity contribution in [3.8, 4) is 0 Å². The number of carbonyl (C=O) groups is 2. The maximum absolute atomic E-state index is 12.0. The maximum atomic E-state index is 12.0. The first-order valence-corrected chi connectivity index (χ1v) is 7.01. The van der Waals surface area contributed by atoms with Gasteiger partial charge in [0, 0.05) is 28.2 Å². The predicted molar refractivity (Wildman–Crippen MR) is 68.9 cm³/mol. The fourth-order valence-corrected chi connectivity index (χ4v) is 3.20. The lowest BCUT2D eigenvalue weighted by molar-refractivity contribution is -0.438. The zero-order valence-electron chi connectivity index (χ0n) is 12.7. The molecule has 0 N–H and O–H groups in total. The average Bonchev–Trinajstić information content (AvgIpc) is 2.85. The Balaban J connectivity index is 1.57. The minimum Gasteiger partial charge on any atom is -0.319 e. The minimum atomic E-state index is -0.800. The predicted octanol–water partition coefficient (Wildman–Crippen LogP) is -0.969. The van der Waals surface area contributed by atoms with Crippen LogP contribution in [0.1, 0.15) is 0 Å². The first kappa shape index (κ1) is 14.0. The molecular formula is C12H18N4O6. The van der Waals surface area contributed by atoms with Gasteiger partial charge >= 0.3 is 12.1 Å². The zero-order valence-corrected chi connectivity index (χ0v) is 12.7. The number of urea groups is 2. The third-order valence-electron chi connectivity index (χ3n) is 4.54. The average molecular weight is 314 g/mol. The molecule has 0 spiro atoms. The number of fused-ring (bicyclic) bond motifs is 3. The molecule has 0 aromatic heterocycles. The smallest absolute Gasteiger partial charge is 0.319 e. The highest BCUT2D eigenvalue weighted by Crippen LogP contribution is 2.37. The van der Waals surface area contributed by atoms with E-state index in [0.717, 1.165) is 0 Å². The van der Waals surface area contributed by atoms with Crippen LogP contribution in [0.15, 0.2) is 0 Å². The van der Waals surface area contributed by atoms with Crippen LogP contribution >= 0.6 is 0 Å². The van der Waals surface area contributed by atoms with Gasteiger partial charge in [0.1, 0.15) is 0 Å². The van der Waals surface area contributed by atoms with Crippen molar-refractivity contribution in [2.45, 2.75) is 37.5 Å². The summed E-state index contributed by atoms with van der Waals surface area (Å²) in [5, 5.41) is 0. The zero-order chi connectivity index (χ0) is 15.8. The molecule has 4 aliphatic heterocycles. The molecule has 4 fully saturated rings. The van der Waals surface area contributed by atoms with Crippen molar-refractivity contribution < 1.29 is 28.5 Å². The van der Waals surface area contributed by atoms with Crippen LogP contribution in [0.2, 0.25) is 0 Å². The normalized spacial score (nSPS) is 44.4. The van der Waals surface area contributed by atoms with Crippen LogP contribution in [0.3, 0.4) is 0 Å². The topological polar surface area (TPSA) is 84.0 Å². The van der Waals surface area contributed by atoms with Crippen molar-refractivity contribution in [3.63, 3.8) is 0 Å². The number of ether oxygens (including phenoxy) is 4. The van der Waals surface area contributed by atoms with E-state index in [1.807, 2.05) is 0 Å². The molecule has 4 aliphatic rings. The highest BCUT2D eigenvalue weighted by Gasteiger charge is 2.58. The van der Waals surface area contributed by atoms with E-state index in [-0.39, 0.29) is 12.1 Å². The molecule has 0 bridgehead atoms. The monoisotopic (exact) mass is 314 g/mol. The van der Waals surface area contributed by atoms with E-state index in [2.05, 4.69) is 0 Å². The number of amides is 4. The molecule has 4 atom stereocenters. The van der Waals surface area contributed by atoms with Gasteiger partial charge in [0.15, 0.2) is 24.9 Å². The van der Waals surface area contributed by atoms with Gasteiger partial charge in [-0.2, -0.15) is 0 Å². The largest absolute Gasteiger partial charge is 0.323 e. The Bertz CT molecular complexity index is 446. The number of hydrogen-bond acceptors (Lipinski definition) is 6. The second-order valence-corrected chi connectivity index (χ2v) is 5.85. The summed E-state index contributed by atoms with van der Waals surface area (Å²) in [7, 11) is 6.55. The van der Waals surface area contributed by atoms with Crippen LogP contribution in [0.25, 0.3) is 0 Å². The van der Waals surface area contributed by atoms with Crippen LogP contribution in [0, 0.1) is 0 Å². The van der Waals surface area contributed by atoms with Crippen LogP contribution in [-0.4, -0.2) is 97.3 Å². The summed E-state index contributed by atoms with van der Waals surface area (Å²) >= 11 is 0. The quantitative estimate of drug-likeness (QED) is 0.572. The van der Waals surface area contributed by atoms with Crippen LogP contribution in [-0.2, 0) is 18.9 Å². The highest BCUT2D eigenvalue weighted by molar-refractivity contribution is 5.77. The summed E-state index contributed by atoms with van der Waals surface area (Å²) < 4.78 is 23.3. The van der Waals surface area contributed by atoms with E-state index in [0.29, 0.717) is 0 Å². The maximum Gasteiger partial charge on any atom is 0.323 e. The number of rotatable bonds is 0. The van der Waals surface area contributed by atoms with E-state index < -0.39 is 37.5 Å². The van der Waals surface area contributed by atoms with Gasteiger partial charge in [-0.1, -0.05) is 0 Å². The second kappa shape index (κ2) is 4.44. The van der Waals surface area contributed by atoms with Gasteiger partial charge in [-0.15, -0.1) is 0 Å². The van der Waals surface area contributed by atoms with Gasteiger partial charge in [0.25, 0.3) is 0 Å². The van der Waals surface area contributed by atoms with Gasteiger partial charge in [0.2, 0.25) is 12.6 Å². The molecule has 4 rings (SSSR count). The Morgan fingerprint density at radius 1 is 0.591 bits per heavy atom. The Morgan fingerprint density at radius 2 is 0.818 bits per heavy atom. The fourth-order valence-electron chi connectivity index (χ4n) is 3.20. The molecule has 0 aliphatic carbocycles. The van der Waals surface area contributed by atoms with Crippen molar-refractivity contribution in [2.24, 2.45) is 0 Å². The molecule has 0 aromatic carbocycles. The molecule has 0 saturated carbocycles. The molecule has 4 amide bonds. The van der Waals surface area contributed by atoms with Gasteiger partial charge in [-0.3, -0.25) is 19.6 Å². The van der Waals surface area contributed by atoms with E-state index in [1.165, 1.54) is 19.6 Å². The standard InChI is InChI=1S/C12H18N4O6/c1-13-5-6(14(2)11(13)17)20-10-9(19-5)21-7-8(22-10)16(4)12(18)15(7)3/h5-10H,1-4H3/t5-,6+,7-,8+,9?,10?. The Labute approximate surface area is 127 Å². The van der Waals surface area contributed by atoms with Gasteiger partial charge < -0.3 is 18.9 Å². The van der Waals surface area contributed by atoms with E-state index >= 15 is 0 Å². The van der Waals surface area contributed by atoms with Gasteiger partial charge in [-0.05, 0) is 0 Å². The highest BCUT2D eigenvalue weighted by atomic mass is 16.8. The van der Waals surface area contributed by atoms with Crippen LogP contribution in [0.4, 0.5) is 9.59 Å². The lowest BCUT2D eigenvalue weighted by Crippen LogP contribution is -2.62. The molecule has 4 saturated heterocycles. The van der Waals surface area contributed by atoms with Crippen molar-refractivity contribution in [1.82, 2.24) is 19.6 Å². The van der Waals surface area contributed by atoms with Crippen LogP contribution in [0.5, 0.6) is 0 Å². The van der Waals surface area contributed by atoms with E-state index in [9.17, 15) is 9.59 Å². The molecule has 10 nitrogen and oxygen atoms in total. The third kappa shape index (κ3) is 1.63. The molecule has 0 unspecified atom stereocenters. The molecule has 22 heavy (non-hydrogen) atoms. The first-order chi connectivity index (χ1) is 10.4. The van der Waals surface area contributed by atoms with Crippen molar-refractivity contribution in [3.05, 3.63) is 0 Å². The molecule has 122 valence electrons.